The van der Waals surface area contributed by atoms with Crippen molar-refractivity contribution in [1.29, 1.82) is 0 Å². The number of rotatable bonds is 7. The average Bonchev–Trinajstić information content (AvgIpc) is 2.90. The van der Waals surface area contributed by atoms with Crippen molar-refractivity contribution in [2.24, 2.45) is 0 Å². The van der Waals surface area contributed by atoms with Crippen LogP contribution in [0.15, 0.2) is 36.7 Å². The summed E-state index contributed by atoms with van der Waals surface area (Å²) < 4.78 is 12.8. The number of nitrogens with one attached hydrogen (secondary N) is 1. The molecule has 1 N–H and O–H groups in total. The maximum absolute atomic E-state index is 11.5. The molecule has 1 aromatic carbocycles. The van der Waals surface area contributed by atoms with Crippen LogP contribution >= 0.6 is 0 Å². The molecule has 0 unspecified atom stereocenters. The van der Waals surface area contributed by atoms with E-state index in [-0.39, 0.29) is 0 Å². The molecule has 1 heterocycles. The van der Waals surface area contributed by atoms with Gasteiger partial charge in [-0.2, -0.15) is 5.10 Å². The van der Waals surface area contributed by atoms with Crippen LogP contribution in [0.1, 0.15) is 38.3 Å². The van der Waals surface area contributed by atoms with Gasteiger partial charge < -0.3 is 14.8 Å². The summed E-state index contributed by atoms with van der Waals surface area (Å²) in [4.78, 5) is 11.5. The highest BCUT2D eigenvalue weighted by Gasteiger charge is 2.15. The summed E-state index contributed by atoms with van der Waals surface area (Å²) in [5, 5.41) is 7.01. The SMILES string of the molecule is Cc1cnn(Cc2cccc(OCCCNC(=O)OC(C)(C)C)c2)c1. The minimum atomic E-state index is -0.478. The van der Waals surface area contributed by atoms with E-state index in [1.165, 1.54) is 0 Å². The number of aryl methyl sites for hydroxylation is 1. The topological polar surface area (TPSA) is 65.4 Å². The van der Waals surface area contributed by atoms with Crippen LogP contribution in [-0.2, 0) is 11.3 Å². The van der Waals surface area contributed by atoms with Crippen LogP contribution in [-0.4, -0.2) is 34.6 Å². The molecule has 0 bridgehead atoms. The third-order valence-corrected chi connectivity index (χ3v) is 3.26. The fourth-order valence-electron chi connectivity index (χ4n) is 2.24. The van der Waals surface area contributed by atoms with Gasteiger partial charge in [-0.1, -0.05) is 12.1 Å². The fraction of sp³-hybridized carbons (Fsp3) is 0.474. The Morgan fingerprint density at radius 1 is 1.32 bits per heavy atom. The van der Waals surface area contributed by atoms with Crippen LogP contribution in [0.25, 0.3) is 0 Å². The lowest BCUT2D eigenvalue weighted by molar-refractivity contribution is 0.0525. The maximum atomic E-state index is 11.5. The summed E-state index contributed by atoms with van der Waals surface area (Å²) in [5.74, 6) is 0.818. The number of ether oxygens (including phenoxy) is 2. The van der Waals surface area contributed by atoms with Crippen LogP contribution < -0.4 is 10.1 Å². The third-order valence-electron chi connectivity index (χ3n) is 3.26. The van der Waals surface area contributed by atoms with Gasteiger partial charge in [0, 0.05) is 12.7 Å². The van der Waals surface area contributed by atoms with E-state index in [9.17, 15) is 4.79 Å². The monoisotopic (exact) mass is 345 g/mol. The molecule has 0 saturated carbocycles. The Bertz CT molecular complexity index is 689. The van der Waals surface area contributed by atoms with Crippen LogP contribution in [0.4, 0.5) is 4.79 Å². The van der Waals surface area contributed by atoms with Gasteiger partial charge >= 0.3 is 6.09 Å². The molecule has 1 amide bonds. The zero-order valence-electron chi connectivity index (χ0n) is 15.4. The van der Waals surface area contributed by atoms with Gasteiger partial charge in [-0.05, 0) is 57.4 Å². The first-order chi connectivity index (χ1) is 11.8. The van der Waals surface area contributed by atoms with Gasteiger partial charge in [0.2, 0.25) is 0 Å². The predicted octanol–water partition coefficient (Wildman–Crippen LogP) is 3.53. The van der Waals surface area contributed by atoms with E-state index in [1.807, 2.05) is 69.0 Å². The predicted molar refractivity (Wildman–Crippen MR) is 96.9 cm³/mol. The number of alkyl carbamates (subject to hydrolysis) is 1. The summed E-state index contributed by atoms with van der Waals surface area (Å²) >= 11 is 0. The Kier molecular flexibility index (Phi) is 6.44. The highest BCUT2D eigenvalue weighted by atomic mass is 16.6. The molecule has 0 aliphatic carbocycles. The van der Waals surface area contributed by atoms with Crippen molar-refractivity contribution >= 4 is 6.09 Å². The van der Waals surface area contributed by atoms with Gasteiger partial charge in [0.25, 0.3) is 0 Å². The molecule has 136 valence electrons. The number of hydrogen-bond donors (Lipinski definition) is 1. The van der Waals surface area contributed by atoms with Gasteiger partial charge in [0.05, 0.1) is 19.3 Å². The molecule has 0 radical (unpaired) electrons. The highest BCUT2D eigenvalue weighted by molar-refractivity contribution is 5.67. The van der Waals surface area contributed by atoms with Crippen LogP contribution in [0.5, 0.6) is 5.75 Å². The molecule has 0 fully saturated rings. The number of benzene rings is 1. The number of carbonyl (C=O) groups excluding carboxylic acids is 1. The molecule has 0 aliphatic rings. The van der Waals surface area contributed by atoms with Crippen molar-refractivity contribution in [3.05, 3.63) is 47.8 Å². The van der Waals surface area contributed by atoms with Gasteiger partial charge in [0.1, 0.15) is 11.4 Å². The zero-order chi connectivity index (χ0) is 18.3. The van der Waals surface area contributed by atoms with Crippen LogP contribution in [0.3, 0.4) is 0 Å². The highest BCUT2D eigenvalue weighted by Crippen LogP contribution is 2.14. The van der Waals surface area contributed by atoms with Crippen LogP contribution in [0, 0.1) is 6.92 Å². The summed E-state index contributed by atoms with van der Waals surface area (Å²) in [7, 11) is 0. The van der Waals surface area contributed by atoms with Gasteiger partial charge in [0.15, 0.2) is 0 Å². The van der Waals surface area contributed by atoms with Crippen molar-refractivity contribution in [3.8, 4) is 5.75 Å². The second-order valence-electron chi connectivity index (χ2n) is 6.99. The first-order valence-corrected chi connectivity index (χ1v) is 8.49. The molecule has 0 saturated heterocycles. The number of amides is 1. The second-order valence-corrected chi connectivity index (χ2v) is 6.99. The Labute approximate surface area is 149 Å². The van der Waals surface area contributed by atoms with E-state index in [1.54, 1.807) is 0 Å². The Hall–Kier alpha value is -2.50. The van der Waals surface area contributed by atoms with Gasteiger partial charge in [-0.15, -0.1) is 0 Å². The summed E-state index contributed by atoms with van der Waals surface area (Å²) in [5.41, 5.74) is 1.80. The smallest absolute Gasteiger partial charge is 0.407 e. The summed E-state index contributed by atoms with van der Waals surface area (Å²) in [6.07, 6.45) is 4.17. The summed E-state index contributed by atoms with van der Waals surface area (Å²) in [6, 6.07) is 7.96. The Balaban J connectivity index is 1.71. The number of hydrogen-bond acceptors (Lipinski definition) is 4. The van der Waals surface area contributed by atoms with E-state index >= 15 is 0 Å². The normalized spacial score (nSPS) is 11.2. The molecule has 1 aromatic heterocycles. The van der Waals surface area contributed by atoms with E-state index < -0.39 is 11.7 Å². The molecule has 0 aliphatic heterocycles. The first-order valence-electron chi connectivity index (χ1n) is 8.49. The Morgan fingerprint density at radius 3 is 2.80 bits per heavy atom. The second kappa shape index (κ2) is 8.55. The van der Waals surface area contributed by atoms with E-state index in [4.69, 9.17) is 9.47 Å². The molecular formula is C19H27N3O3. The fourth-order valence-corrected chi connectivity index (χ4v) is 2.24. The quantitative estimate of drug-likeness (QED) is 0.780. The van der Waals surface area contributed by atoms with Crippen molar-refractivity contribution in [1.82, 2.24) is 15.1 Å². The first kappa shape index (κ1) is 18.8. The van der Waals surface area contributed by atoms with E-state index in [0.29, 0.717) is 26.1 Å². The Morgan fingerprint density at radius 2 is 2.12 bits per heavy atom. The molecule has 0 atom stereocenters. The number of carbonyl (C=O) groups is 1. The van der Waals surface area contributed by atoms with E-state index in [2.05, 4.69) is 10.4 Å². The van der Waals surface area contributed by atoms with Crippen molar-refractivity contribution in [3.63, 3.8) is 0 Å². The molecule has 6 heteroatoms. The molecule has 2 aromatic rings. The maximum Gasteiger partial charge on any atom is 0.407 e. The largest absolute Gasteiger partial charge is 0.494 e. The third kappa shape index (κ3) is 7.28. The lowest BCUT2D eigenvalue weighted by Crippen LogP contribution is -2.33. The molecular weight excluding hydrogens is 318 g/mol. The van der Waals surface area contributed by atoms with Crippen molar-refractivity contribution in [2.45, 2.75) is 46.3 Å². The van der Waals surface area contributed by atoms with E-state index in [0.717, 1.165) is 16.9 Å². The molecule has 25 heavy (non-hydrogen) atoms. The number of aromatic nitrogens is 2. The van der Waals surface area contributed by atoms with Gasteiger partial charge in [-0.25, -0.2) is 4.79 Å². The lowest BCUT2D eigenvalue weighted by atomic mass is 10.2. The summed E-state index contributed by atoms with van der Waals surface area (Å²) in [6.45, 7) is 9.30. The lowest BCUT2D eigenvalue weighted by Gasteiger charge is -2.19. The average molecular weight is 345 g/mol. The molecule has 6 nitrogen and oxygen atoms in total. The minimum Gasteiger partial charge on any atom is -0.494 e. The number of nitrogens with zero attached hydrogens (tertiary/aromatic N) is 2. The zero-order valence-corrected chi connectivity index (χ0v) is 15.4. The van der Waals surface area contributed by atoms with Gasteiger partial charge in [-0.3, -0.25) is 4.68 Å². The van der Waals surface area contributed by atoms with Crippen molar-refractivity contribution in [2.75, 3.05) is 13.2 Å². The van der Waals surface area contributed by atoms with Crippen molar-refractivity contribution < 1.29 is 14.3 Å². The van der Waals surface area contributed by atoms with Crippen LogP contribution in [0.2, 0.25) is 0 Å². The standard InChI is InChI=1S/C19H27N3O3/c1-15-12-21-22(13-15)14-16-7-5-8-17(11-16)24-10-6-9-20-18(23)25-19(2,3)4/h5,7-8,11-13H,6,9-10,14H2,1-4H3,(H,20,23). The molecule has 2 rings (SSSR count). The minimum absolute atomic E-state index is 0.399. The molecule has 0 spiro atoms.